The highest BCUT2D eigenvalue weighted by Gasteiger charge is 2.56. The maximum absolute atomic E-state index is 9.89. The largest absolute Gasteiger partial charge is 0.366 e. The zero-order chi connectivity index (χ0) is 10.6. The SMILES string of the molecule is CP1C2(C)CCCC1(C)CC(O)(O)C2. The normalized spacial score (nSPS) is 51.6. The second-order valence-electron chi connectivity index (χ2n) is 5.74. The third-order valence-electron chi connectivity index (χ3n) is 4.38. The van der Waals surface area contributed by atoms with E-state index in [4.69, 9.17) is 0 Å². The molecule has 0 radical (unpaired) electrons. The van der Waals surface area contributed by atoms with Gasteiger partial charge in [-0.15, -0.1) is 0 Å². The van der Waals surface area contributed by atoms with Crippen molar-refractivity contribution in [2.24, 2.45) is 0 Å². The molecule has 2 rings (SSSR count). The minimum Gasteiger partial charge on any atom is -0.366 e. The summed E-state index contributed by atoms with van der Waals surface area (Å²) in [5, 5.41) is 20.2. The highest BCUT2D eigenvalue weighted by Crippen LogP contribution is 2.70. The van der Waals surface area contributed by atoms with Crippen LogP contribution in [0, 0.1) is 0 Å². The average Bonchev–Trinajstić information content (AvgIpc) is 1.95. The highest BCUT2D eigenvalue weighted by molar-refractivity contribution is 7.60. The van der Waals surface area contributed by atoms with Crippen LogP contribution in [0.4, 0.5) is 0 Å². The molecule has 0 aromatic rings. The first-order valence-corrected chi connectivity index (χ1v) is 7.25. The van der Waals surface area contributed by atoms with Gasteiger partial charge in [-0.3, -0.25) is 0 Å². The smallest absolute Gasteiger partial charge is 0.164 e. The Hall–Kier alpha value is 0.350. The van der Waals surface area contributed by atoms with Crippen molar-refractivity contribution in [3.05, 3.63) is 0 Å². The molecule has 2 unspecified atom stereocenters. The van der Waals surface area contributed by atoms with Crippen LogP contribution in [0.1, 0.15) is 46.0 Å². The molecule has 2 bridgehead atoms. The standard InChI is InChI=1S/C11H21O2P/c1-9-5-4-6-10(2,14(9)3)8-11(12,13)7-9/h12-13H,4-8H2,1-3H3. The summed E-state index contributed by atoms with van der Waals surface area (Å²) in [6, 6.07) is 0. The Kier molecular flexibility index (Phi) is 2.27. The number of hydrogen-bond acceptors (Lipinski definition) is 2. The molecule has 2 saturated heterocycles. The Balaban J connectivity index is 2.35. The molecule has 0 aliphatic carbocycles. The van der Waals surface area contributed by atoms with Gasteiger partial charge in [0, 0.05) is 12.8 Å². The second kappa shape index (κ2) is 2.93. The molecular formula is C11H21O2P. The van der Waals surface area contributed by atoms with Crippen LogP contribution in [-0.4, -0.2) is 33.0 Å². The van der Waals surface area contributed by atoms with Gasteiger partial charge in [0.15, 0.2) is 5.79 Å². The first kappa shape index (κ1) is 10.9. The van der Waals surface area contributed by atoms with Gasteiger partial charge >= 0.3 is 0 Å². The first-order valence-electron chi connectivity index (χ1n) is 5.46. The van der Waals surface area contributed by atoms with Gasteiger partial charge in [-0.1, -0.05) is 28.2 Å². The van der Waals surface area contributed by atoms with Crippen LogP contribution in [0.25, 0.3) is 0 Å². The van der Waals surface area contributed by atoms with Gasteiger partial charge in [-0.05, 0) is 29.8 Å². The maximum Gasteiger partial charge on any atom is 0.164 e. The molecule has 2 N–H and O–H groups in total. The van der Waals surface area contributed by atoms with E-state index in [1.54, 1.807) is 0 Å². The zero-order valence-electron chi connectivity index (χ0n) is 9.38. The molecule has 2 aliphatic rings. The number of aliphatic hydroxyl groups is 2. The Bertz CT molecular complexity index is 232. The predicted molar refractivity (Wildman–Crippen MR) is 59.9 cm³/mol. The number of hydrogen-bond donors (Lipinski definition) is 2. The fraction of sp³-hybridized carbons (Fsp3) is 1.00. The monoisotopic (exact) mass is 216 g/mol. The fourth-order valence-electron chi connectivity index (χ4n) is 3.53. The second-order valence-corrected chi connectivity index (χ2v) is 9.02. The number of rotatable bonds is 0. The lowest BCUT2D eigenvalue weighted by atomic mass is 9.81. The quantitative estimate of drug-likeness (QED) is 0.481. The van der Waals surface area contributed by atoms with E-state index in [1.165, 1.54) is 19.3 Å². The lowest BCUT2D eigenvalue weighted by Gasteiger charge is -2.58. The van der Waals surface area contributed by atoms with E-state index < -0.39 is 5.79 Å². The summed E-state index contributed by atoms with van der Waals surface area (Å²) >= 11 is 0. The molecule has 0 amide bonds. The van der Waals surface area contributed by atoms with E-state index in [0.717, 1.165) is 0 Å². The van der Waals surface area contributed by atoms with Crippen molar-refractivity contribution in [3.8, 4) is 0 Å². The van der Waals surface area contributed by atoms with Crippen LogP contribution in [0.5, 0.6) is 0 Å². The van der Waals surface area contributed by atoms with E-state index in [-0.39, 0.29) is 18.2 Å². The summed E-state index contributed by atoms with van der Waals surface area (Å²) in [5.41, 5.74) is 0. The molecule has 0 aromatic carbocycles. The minimum absolute atomic E-state index is 0.0721. The predicted octanol–water partition coefficient (Wildman–Crippen LogP) is 2.27. The molecule has 2 aliphatic heterocycles. The molecule has 82 valence electrons. The summed E-state index contributed by atoms with van der Waals surface area (Å²) < 4.78 is 0. The Morgan fingerprint density at radius 1 is 1.00 bits per heavy atom. The average molecular weight is 216 g/mol. The van der Waals surface area contributed by atoms with Gasteiger partial charge in [0.05, 0.1) is 0 Å². The van der Waals surface area contributed by atoms with Crippen molar-refractivity contribution >= 4 is 7.92 Å². The molecule has 14 heavy (non-hydrogen) atoms. The van der Waals surface area contributed by atoms with Crippen molar-refractivity contribution < 1.29 is 10.2 Å². The molecular weight excluding hydrogens is 195 g/mol. The van der Waals surface area contributed by atoms with Crippen molar-refractivity contribution in [1.29, 1.82) is 0 Å². The Morgan fingerprint density at radius 2 is 1.43 bits per heavy atom. The van der Waals surface area contributed by atoms with Crippen molar-refractivity contribution in [3.63, 3.8) is 0 Å². The lowest BCUT2D eigenvalue weighted by Crippen LogP contribution is -2.54. The van der Waals surface area contributed by atoms with Crippen LogP contribution in [-0.2, 0) is 0 Å². The van der Waals surface area contributed by atoms with E-state index >= 15 is 0 Å². The topological polar surface area (TPSA) is 40.5 Å². The molecule has 2 nitrogen and oxygen atoms in total. The van der Waals surface area contributed by atoms with Gasteiger partial charge in [-0.25, -0.2) is 0 Å². The molecule has 2 fully saturated rings. The van der Waals surface area contributed by atoms with Crippen LogP contribution in [0.3, 0.4) is 0 Å². The van der Waals surface area contributed by atoms with Crippen molar-refractivity contribution in [2.75, 3.05) is 6.66 Å². The molecule has 0 spiro atoms. The third-order valence-corrected chi connectivity index (χ3v) is 8.38. The van der Waals surface area contributed by atoms with Crippen LogP contribution >= 0.6 is 7.92 Å². The lowest BCUT2D eigenvalue weighted by molar-refractivity contribution is -0.187. The molecule has 0 saturated carbocycles. The summed E-state index contributed by atoms with van der Waals surface area (Å²) in [6.07, 6.45) is 4.77. The summed E-state index contributed by atoms with van der Waals surface area (Å²) in [7, 11) is -0.0721. The molecule has 3 heteroatoms. The van der Waals surface area contributed by atoms with E-state index in [0.29, 0.717) is 12.8 Å². The molecule has 0 aromatic heterocycles. The fourth-order valence-corrected chi connectivity index (χ4v) is 6.80. The van der Waals surface area contributed by atoms with E-state index in [1.807, 2.05) is 0 Å². The van der Waals surface area contributed by atoms with Crippen LogP contribution in [0.2, 0.25) is 0 Å². The summed E-state index contributed by atoms with van der Waals surface area (Å²) in [4.78, 5) is 0. The number of fused-ring (bicyclic) bond motifs is 2. The van der Waals surface area contributed by atoms with Crippen LogP contribution in [0.15, 0.2) is 0 Å². The molecule has 2 atom stereocenters. The van der Waals surface area contributed by atoms with Crippen molar-refractivity contribution in [2.45, 2.75) is 62.1 Å². The van der Waals surface area contributed by atoms with Gasteiger partial charge in [0.25, 0.3) is 0 Å². The summed E-state index contributed by atoms with van der Waals surface area (Å²) in [6.45, 7) is 6.84. The molecule has 2 heterocycles. The Morgan fingerprint density at radius 3 is 1.86 bits per heavy atom. The van der Waals surface area contributed by atoms with E-state index in [2.05, 4.69) is 20.5 Å². The highest BCUT2D eigenvalue weighted by atomic mass is 31.1. The van der Waals surface area contributed by atoms with Gasteiger partial charge in [0.2, 0.25) is 0 Å². The minimum atomic E-state index is -1.40. The van der Waals surface area contributed by atoms with Gasteiger partial charge in [-0.2, -0.15) is 0 Å². The van der Waals surface area contributed by atoms with Crippen molar-refractivity contribution in [1.82, 2.24) is 0 Å². The van der Waals surface area contributed by atoms with Crippen LogP contribution < -0.4 is 0 Å². The van der Waals surface area contributed by atoms with Gasteiger partial charge < -0.3 is 10.2 Å². The first-order chi connectivity index (χ1) is 6.28. The maximum atomic E-state index is 9.89. The zero-order valence-corrected chi connectivity index (χ0v) is 10.3. The third kappa shape index (κ3) is 1.52. The Labute approximate surface area is 87.5 Å². The van der Waals surface area contributed by atoms with Gasteiger partial charge in [0.1, 0.15) is 0 Å². The van der Waals surface area contributed by atoms with E-state index in [9.17, 15) is 10.2 Å². The summed E-state index contributed by atoms with van der Waals surface area (Å²) in [5.74, 6) is -1.40.